The van der Waals surface area contributed by atoms with Gasteiger partial charge in [-0.05, 0) is 111 Å². The molecule has 0 saturated heterocycles. The van der Waals surface area contributed by atoms with Crippen molar-refractivity contribution >= 4 is 11.5 Å². The van der Waals surface area contributed by atoms with Gasteiger partial charge in [-0.3, -0.25) is 14.6 Å². The Hall–Kier alpha value is -4.23. The number of nitrogens with zero attached hydrogens (tertiary/aromatic N) is 3. The van der Waals surface area contributed by atoms with Crippen molar-refractivity contribution < 1.29 is 9.53 Å². The van der Waals surface area contributed by atoms with Crippen LogP contribution in [-0.2, 0) is 19.0 Å². The number of ether oxygens (including phenoxy) is 1. The lowest BCUT2D eigenvalue weighted by Crippen LogP contribution is -2.24. The molecule has 0 unspecified atom stereocenters. The van der Waals surface area contributed by atoms with E-state index in [1.807, 2.05) is 70.4 Å². The van der Waals surface area contributed by atoms with Gasteiger partial charge in [-0.2, -0.15) is 0 Å². The van der Waals surface area contributed by atoms with E-state index in [1.165, 1.54) is 29.7 Å². The van der Waals surface area contributed by atoms with Crippen molar-refractivity contribution in [3.63, 3.8) is 0 Å². The van der Waals surface area contributed by atoms with E-state index in [0.29, 0.717) is 24.5 Å². The number of ketones is 1. The number of rotatable bonds is 11. The normalized spacial score (nSPS) is 10.5. The molecule has 0 spiro atoms. The number of aryl methyl sites for hydroxylation is 4. The number of hydrogen-bond acceptors (Lipinski definition) is 6. The Bertz CT molecular complexity index is 1650. The molecule has 0 fully saturated rings. The van der Waals surface area contributed by atoms with Crippen LogP contribution in [0.1, 0.15) is 120 Å². The third-order valence-corrected chi connectivity index (χ3v) is 8.22. The molecule has 0 amide bonds. The molecule has 0 bridgehead atoms. The Balaban J connectivity index is 0.000000376. The van der Waals surface area contributed by atoms with Crippen molar-refractivity contribution in [2.45, 2.75) is 114 Å². The maximum Gasteiger partial charge on any atom is 0.253 e. The van der Waals surface area contributed by atoms with Crippen molar-refractivity contribution in [1.82, 2.24) is 9.55 Å². The van der Waals surface area contributed by atoms with Gasteiger partial charge in [-0.15, -0.1) is 0 Å². The van der Waals surface area contributed by atoms with Crippen LogP contribution in [0.5, 0.6) is 5.75 Å². The number of Topliss-reactive ketones (excluding diaryl/α,β-unsaturated/α-hetero) is 1. The minimum atomic E-state index is 0.0423. The SMILES string of the molecule is CC.CCCN(CCC)c1ccc(C)nc1.CCCOc1cc(C(C)(C)C)ccc1C(C)=O.Cc1cccc(-c2cc(C)c(=O)n(C)c2)c1CN. The molecule has 0 aliphatic carbocycles. The number of carbonyl (C=O) groups excluding carboxylic acids is 1. The van der Waals surface area contributed by atoms with Crippen molar-refractivity contribution in [2.24, 2.45) is 12.8 Å². The third kappa shape index (κ3) is 14.1. The Morgan fingerprint density at radius 2 is 1.55 bits per heavy atom. The minimum absolute atomic E-state index is 0.0423. The molecule has 0 aliphatic heterocycles. The largest absolute Gasteiger partial charge is 0.493 e. The van der Waals surface area contributed by atoms with E-state index >= 15 is 0 Å². The van der Waals surface area contributed by atoms with E-state index in [2.05, 4.69) is 82.6 Å². The summed E-state index contributed by atoms with van der Waals surface area (Å²) in [6.45, 7) is 27.8. The Kier molecular flexibility index (Phi) is 19.8. The topological polar surface area (TPSA) is 90.5 Å². The van der Waals surface area contributed by atoms with Crippen LogP contribution >= 0.6 is 0 Å². The van der Waals surface area contributed by atoms with Gasteiger partial charge in [-0.1, -0.05) is 79.7 Å². The summed E-state index contributed by atoms with van der Waals surface area (Å²) in [7, 11) is 1.77. The standard InChI is InChI=1S/C15H18N2O.C15H22O2.C12H20N2.C2H6/c1-10-5-4-6-13(14(10)8-16)12-7-11(2)15(18)17(3)9-12;1-6-9-17-14-10-12(15(3,4)5)7-8-13(14)11(2)16;1-4-8-14(9-5-2)12-7-6-11(3)13-10-12;1-2/h4-7,9H,8,16H2,1-3H3;7-8,10H,6,9H2,1-5H3;6-7,10H,4-5,8-9H2,1-3H3;1-2H3. The van der Waals surface area contributed by atoms with Crippen molar-refractivity contribution in [3.8, 4) is 16.9 Å². The second kappa shape index (κ2) is 22.6. The zero-order chi connectivity index (χ0) is 38.7. The lowest BCUT2D eigenvalue weighted by atomic mass is 9.86. The zero-order valence-electron chi connectivity index (χ0n) is 33.9. The average molecular weight is 699 g/mol. The average Bonchev–Trinajstić information content (AvgIpc) is 3.10. The fourth-order valence-corrected chi connectivity index (χ4v) is 5.44. The second-order valence-electron chi connectivity index (χ2n) is 13.6. The summed E-state index contributed by atoms with van der Waals surface area (Å²) >= 11 is 0. The molecule has 7 heteroatoms. The van der Waals surface area contributed by atoms with E-state index < -0.39 is 0 Å². The molecule has 2 aromatic heterocycles. The highest BCUT2D eigenvalue weighted by molar-refractivity contribution is 5.96. The molecule has 2 N–H and O–H groups in total. The summed E-state index contributed by atoms with van der Waals surface area (Å²) in [6, 6.07) is 18.2. The lowest BCUT2D eigenvalue weighted by Gasteiger charge is -2.23. The van der Waals surface area contributed by atoms with Crippen LogP contribution in [0.2, 0.25) is 0 Å². The maximum atomic E-state index is 11.7. The monoisotopic (exact) mass is 699 g/mol. The third-order valence-electron chi connectivity index (χ3n) is 8.22. The number of nitrogens with two attached hydrogens (primary N) is 1. The Morgan fingerprint density at radius 3 is 2.04 bits per heavy atom. The van der Waals surface area contributed by atoms with Gasteiger partial charge in [0.05, 0.1) is 24.1 Å². The van der Waals surface area contributed by atoms with E-state index in [-0.39, 0.29) is 16.8 Å². The number of pyridine rings is 2. The molecule has 280 valence electrons. The molecule has 0 saturated carbocycles. The molecular weight excluding hydrogens is 633 g/mol. The van der Waals surface area contributed by atoms with Crippen LogP contribution in [0.25, 0.3) is 11.1 Å². The minimum Gasteiger partial charge on any atom is -0.493 e. The molecule has 0 aliphatic rings. The molecule has 0 atom stereocenters. The highest BCUT2D eigenvalue weighted by atomic mass is 16.5. The number of carbonyl (C=O) groups is 1. The number of anilines is 1. The van der Waals surface area contributed by atoms with Crippen LogP contribution in [0.3, 0.4) is 0 Å². The Labute approximate surface area is 309 Å². The van der Waals surface area contributed by atoms with Crippen LogP contribution < -0.4 is 20.9 Å². The van der Waals surface area contributed by atoms with Crippen LogP contribution in [-0.4, -0.2) is 35.0 Å². The first-order valence-corrected chi connectivity index (χ1v) is 18.6. The summed E-state index contributed by atoms with van der Waals surface area (Å²) in [6.07, 6.45) is 7.16. The number of hydrogen-bond donors (Lipinski definition) is 1. The van der Waals surface area contributed by atoms with Gasteiger partial charge in [0.15, 0.2) is 5.78 Å². The van der Waals surface area contributed by atoms with Crippen molar-refractivity contribution in [3.05, 3.63) is 111 Å². The molecule has 2 heterocycles. The fourth-order valence-electron chi connectivity index (χ4n) is 5.44. The quantitative estimate of drug-likeness (QED) is 0.157. The predicted molar refractivity (Wildman–Crippen MR) is 219 cm³/mol. The van der Waals surface area contributed by atoms with E-state index in [9.17, 15) is 9.59 Å². The molecule has 7 nitrogen and oxygen atoms in total. The molecular formula is C44H66N4O3. The van der Waals surface area contributed by atoms with Gasteiger partial charge in [0.25, 0.3) is 5.56 Å². The van der Waals surface area contributed by atoms with Gasteiger partial charge in [0, 0.05) is 44.1 Å². The van der Waals surface area contributed by atoms with Crippen molar-refractivity contribution in [1.29, 1.82) is 0 Å². The first-order valence-electron chi connectivity index (χ1n) is 18.6. The number of benzene rings is 2. The van der Waals surface area contributed by atoms with Gasteiger partial charge >= 0.3 is 0 Å². The first kappa shape index (κ1) is 44.8. The van der Waals surface area contributed by atoms with Gasteiger partial charge in [-0.25, -0.2) is 0 Å². The number of aromatic nitrogens is 2. The fraction of sp³-hybridized carbons (Fsp3) is 0.477. The summed E-state index contributed by atoms with van der Waals surface area (Å²) in [4.78, 5) is 29.9. The van der Waals surface area contributed by atoms with Crippen LogP contribution in [0.4, 0.5) is 5.69 Å². The van der Waals surface area contributed by atoms with Gasteiger partial charge in [0.2, 0.25) is 0 Å². The summed E-state index contributed by atoms with van der Waals surface area (Å²) in [5.74, 6) is 0.767. The Morgan fingerprint density at radius 1 is 0.902 bits per heavy atom. The predicted octanol–water partition coefficient (Wildman–Crippen LogP) is 10.1. The van der Waals surface area contributed by atoms with Gasteiger partial charge < -0.3 is 19.9 Å². The first-order chi connectivity index (χ1) is 24.2. The zero-order valence-corrected chi connectivity index (χ0v) is 33.9. The molecule has 2 aromatic carbocycles. The maximum absolute atomic E-state index is 11.7. The van der Waals surface area contributed by atoms with Crippen molar-refractivity contribution in [2.75, 3.05) is 24.6 Å². The van der Waals surface area contributed by atoms with Gasteiger partial charge in [0.1, 0.15) is 5.75 Å². The van der Waals surface area contributed by atoms with E-state index in [0.717, 1.165) is 47.5 Å². The second-order valence-corrected chi connectivity index (χ2v) is 13.6. The summed E-state index contributed by atoms with van der Waals surface area (Å²) in [5, 5.41) is 0. The lowest BCUT2D eigenvalue weighted by molar-refractivity contribution is 0.101. The molecule has 4 aromatic rings. The molecule has 51 heavy (non-hydrogen) atoms. The highest BCUT2D eigenvalue weighted by Crippen LogP contribution is 2.29. The molecule has 0 radical (unpaired) electrons. The highest BCUT2D eigenvalue weighted by Gasteiger charge is 2.17. The summed E-state index contributed by atoms with van der Waals surface area (Å²) < 4.78 is 7.28. The molecule has 4 rings (SSSR count). The smallest absolute Gasteiger partial charge is 0.253 e. The van der Waals surface area contributed by atoms with E-state index in [1.54, 1.807) is 18.5 Å². The van der Waals surface area contributed by atoms with E-state index in [4.69, 9.17) is 10.5 Å². The van der Waals surface area contributed by atoms with Crippen LogP contribution in [0, 0.1) is 20.8 Å². The summed E-state index contributed by atoms with van der Waals surface area (Å²) in [5.41, 5.74) is 15.3. The van der Waals surface area contributed by atoms with Crippen LogP contribution in [0.15, 0.2) is 71.8 Å².